The van der Waals surface area contributed by atoms with Gasteiger partial charge in [0, 0.05) is 18.1 Å². The van der Waals surface area contributed by atoms with Gasteiger partial charge in [-0.15, -0.1) is 0 Å². The second-order valence-electron chi connectivity index (χ2n) is 9.26. The second kappa shape index (κ2) is 8.78. The van der Waals surface area contributed by atoms with Gasteiger partial charge in [-0.3, -0.25) is 0 Å². The van der Waals surface area contributed by atoms with Gasteiger partial charge in [-0.2, -0.15) is 0 Å². The number of ether oxygens (including phenoxy) is 1. The molecule has 1 aromatic carbocycles. The van der Waals surface area contributed by atoms with E-state index >= 15 is 0 Å². The molecule has 176 valence electrons. The average Bonchev–Trinajstić information content (AvgIpc) is 3.52. The molecule has 0 spiro atoms. The van der Waals surface area contributed by atoms with Gasteiger partial charge < -0.3 is 24.8 Å². The maximum atomic E-state index is 10.7. The summed E-state index contributed by atoms with van der Waals surface area (Å²) in [4.78, 5) is 13.0. The van der Waals surface area contributed by atoms with Crippen molar-refractivity contribution in [3.05, 3.63) is 59.6 Å². The van der Waals surface area contributed by atoms with E-state index in [2.05, 4.69) is 39.6 Å². The van der Waals surface area contributed by atoms with Crippen LogP contribution in [0, 0.1) is 5.92 Å². The molecule has 0 radical (unpaired) electrons. The lowest BCUT2D eigenvalue weighted by molar-refractivity contribution is -0.0364. The zero-order chi connectivity index (χ0) is 23.2. The molecule has 0 unspecified atom stereocenters. The molecular formula is C25H26ClN5O3. The summed E-state index contributed by atoms with van der Waals surface area (Å²) in [5.41, 5.74) is 2.61. The Kier molecular flexibility index (Phi) is 5.61. The van der Waals surface area contributed by atoms with Crippen molar-refractivity contribution in [2.45, 2.75) is 50.2 Å². The fourth-order valence-corrected chi connectivity index (χ4v) is 4.83. The number of aromatic nitrogens is 4. The second-order valence-corrected chi connectivity index (χ2v) is 9.62. The predicted molar refractivity (Wildman–Crippen MR) is 130 cm³/mol. The van der Waals surface area contributed by atoms with E-state index in [1.807, 2.05) is 6.07 Å². The third kappa shape index (κ3) is 4.11. The number of aryl methyl sites for hydroxylation is 1. The van der Waals surface area contributed by atoms with Crippen molar-refractivity contribution in [3.8, 4) is 0 Å². The lowest BCUT2D eigenvalue weighted by Crippen LogP contribution is -2.31. The average molecular weight is 480 g/mol. The highest BCUT2D eigenvalue weighted by Gasteiger charge is 2.43. The number of rotatable bonds is 7. The molecule has 1 aliphatic heterocycles. The first-order valence-corrected chi connectivity index (χ1v) is 12.1. The quantitative estimate of drug-likeness (QED) is 0.347. The van der Waals surface area contributed by atoms with Crippen LogP contribution in [-0.2, 0) is 11.2 Å². The van der Waals surface area contributed by atoms with Gasteiger partial charge >= 0.3 is 0 Å². The Morgan fingerprint density at radius 3 is 2.79 bits per heavy atom. The monoisotopic (exact) mass is 479 g/mol. The van der Waals surface area contributed by atoms with Crippen molar-refractivity contribution in [1.29, 1.82) is 0 Å². The molecule has 0 amide bonds. The molecule has 3 N–H and O–H groups in total. The number of aliphatic hydroxyl groups excluding tert-OH is 2. The zero-order valence-corrected chi connectivity index (χ0v) is 19.3. The Labute approximate surface area is 201 Å². The number of hydrogen-bond acceptors (Lipinski definition) is 7. The van der Waals surface area contributed by atoms with Crippen LogP contribution >= 0.6 is 11.6 Å². The van der Waals surface area contributed by atoms with Crippen molar-refractivity contribution in [2.75, 3.05) is 11.9 Å². The van der Waals surface area contributed by atoms with Crippen LogP contribution in [0.1, 0.15) is 31.1 Å². The van der Waals surface area contributed by atoms with Crippen LogP contribution in [0.3, 0.4) is 0 Å². The van der Waals surface area contributed by atoms with Gasteiger partial charge in [-0.05, 0) is 61.4 Å². The molecule has 1 saturated carbocycles. The minimum Gasteiger partial charge on any atom is -0.388 e. The lowest BCUT2D eigenvalue weighted by atomic mass is 10.0. The van der Waals surface area contributed by atoms with Crippen LogP contribution in [0.5, 0.6) is 0 Å². The van der Waals surface area contributed by atoms with Gasteiger partial charge in [-0.25, -0.2) is 15.0 Å². The largest absolute Gasteiger partial charge is 0.388 e. The number of nitrogens with zero attached hydrogens (tertiary/aromatic N) is 4. The van der Waals surface area contributed by atoms with Crippen molar-refractivity contribution >= 4 is 39.4 Å². The molecule has 6 rings (SSSR count). The van der Waals surface area contributed by atoms with E-state index in [-0.39, 0.29) is 0 Å². The standard InChI is InChI=1S/C25H26ClN5O3/c26-23-17-9-10-31(24(17)29-13-28-23)25-22(33)21(32)19(34-25)7-4-14-3-5-16-6-8-20(30-18(16)11-14)27-12-15-1-2-15/h3,5-6,8-11,13,15,19,21-22,25,32-33H,1-2,4,7,12H2,(H,27,30)/t19-,21-,22-,25-/m1/s1. The topological polar surface area (TPSA) is 105 Å². The van der Waals surface area contributed by atoms with Crippen molar-refractivity contribution < 1.29 is 14.9 Å². The SMILES string of the molecule is O[C@@H]1[C@H](O)[C@@H](CCc2ccc3ccc(NCC4CC4)nc3c2)O[C@H]1n1ccc2c(Cl)ncnc21. The van der Waals surface area contributed by atoms with Gasteiger partial charge in [-0.1, -0.05) is 23.7 Å². The molecule has 2 aliphatic rings. The number of halogens is 1. The van der Waals surface area contributed by atoms with E-state index in [1.54, 1.807) is 16.8 Å². The first-order valence-electron chi connectivity index (χ1n) is 11.7. The highest BCUT2D eigenvalue weighted by molar-refractivity contribution is 6.33. The highest BCUT2D eigenvalue weighted by atomic mass is 35.5. The van der Waals surface area contributed by atoms with E-state index in [4.69, 9.17) is 21.3 Å². The molecule has 4 aromatic rings. The van der Waals surface area contributed by atoms with E-state index in [0.717, 1.165) is 34.7 Å². The van der Waals surface area contributed by atoms with Gasteiger partial charge in [0.15, 0.2) is 6.23 Å². The molecule has 8 nitrogen and oxygen atoms in total. The molecule has 3 aromatic heterocycles. The number of anilines is 1. The summed E-state index contributed by atoms with van der Waals surface area (Å²) in [5.74, 6) is 1.69. The number of fused-ring (bicyclic) bond motifs is 2. The zero-order valence-electron chi connectivity index (χ0n) is 18.5. The smallest absolute Gasteiger partial charge is 0.164 e. The number of benzene rings is 1. The van der Waals surface area contributed by atoms with Crippen LogP contribution < -0.4 is 5.32 Å². The van der Waals surface area contributed by atoms with Crippen molar-refractivity contribution in [1.82, 2.24) is 19.5 Å². The van der Waals surface area contributed by atoms with Crippen LogP contribution in [0.2, 0.25) is 5.15 Å². The molecular weight excluding hydrogens is 454 g/mol. The summed E-state index contributed by atoms with van der Waals surface area (Å²) in [6, 6.07) is 12.1. The summed E-state index contributed by atoms with van der Waals surface area (Å²) in [6.07, 6.45) is 3.65. The first-order chi connectivity index (χ1) is 16.6. The van der Waals surface area contributed by atoms with E-state index in [1.165, 1.54) is 19.2 Å². The minimum absolute atomic E-state index is 0.337. The molecule has 34 heavy (non-hydrogen) atoms. The highest BCUT2D eigenvalue weighted by Crippen LogP contribution is 2.35. The third-order valence-electron chi connectivity index (χ3n) is 6.81. The van der Waals surface area contributed by atoms with Gasteiger partial charge in [0.1, 0.15) is 35.2 Å². The van der Waals surface area contributed by atoms with E-state index in [0.29, 0.717) is 29.0 Å². The number of hydrogen-bond donors (Lipinski definition) is 3. The van der Waals surface area contributed by atoms with Crippen molar-refractivity contribution in [3.63, 3.8) is 0 Å². The lowest BCUT2D eigenvalue weighted by Gasteiger charge is -2.17. The fourth-order valence-electron chi connectivity index (χ4n) is 4.64. The Morgan fingerprint density at radius 1 is 1.09 bits per heavy atom. The normalized spacial score (nSPS) is 24.8. The minimum atomic E-state index is -1.08. The molecule has 1 aliphatic carbocycles. The summed E-state index contributed by atoms with van der Waals surface area (Å²) >= 11 is 6.15. The van der Waals surface area contributed by atoms with Crippen LogP contribution in [0.15, 0.2) is 48.9 Å². The number of aliphatic hydroxyl groups is 2. The Bertz CT molecular complexity index is 1340. The Morgan fingerprint density at radius 2 is 1.94 bits per heavy atom. The Hall–Kier alpha value is -2.78. The summed E-state index contributed by atoms with van der Waals surface area (Å²) in [6.45, 7) is 0.980. The predicted octanol–water partition coefficient (Wildman–Crippen LogP) is 3.71. The van der Waals surface area contributed by atoms with Crippen LogP contribution in [0.4, 0.5) is 5.82 Å². The first kappa shape index (κ1) is 21.7. The van der Waals surface area contributed by atoms with Crippen molar-refractivity contribution in [2.24, 2.45) is 5.92 Å². The van der Waals surface area contributed by atoms with Crippen LogP contribution in [0.25, 0.3) is 21.9 Å². The maximum Gasteiger partial charge on any atom is 0.164 e. The molecule has 1 saturated heterocycles. The summed E-state index contributed by atoms with van der Waals surface area (Å²) < 4.78 is 7.80. The van der Waals surface area contributed by atoms with E-state index in [9.17, 15) is 10.2 Å². The molecule has 2 fully saturated rings. The Balaban J connectivity index is 1.15. The molecule has 9 heteroatoms. The molecule has 4 heterocycles. The van der Waals surface area contributed by atoms with Gasteiger partial charge in [0.05, 0.1) is 17.0 Å². The fraction of sp³-hybridized carbons (Fsp3) is 0.400. The van der Waals surface area contributed by atoms with Gasteiger partial charge in [0.2, 0.25) is 0 Å². The molecule has 4 atom stereocenters. The third-order valence-corrected chi connectivity index (χ3v) is 7.12. The van der Waals surface area contributed by atoms with Crippen LogP contribution in [-0.4, -0.2) is 54.6 Å². The maximum absolute atomic E-state index is 10.7. The van der Waals surface area contributed by atoms with Gasteiger partial charge in [0.25, 0.3) is 0 Å². The summed E-state index contributed by atoms with van der Waals surface area (Å²) in [5, 5.41) is 26.9. The number of nitrogens with one attached hydrogen (secondary N) is 1. The molecule has 0 bridgehead atoms. The number of pyridine rings is 1. The summed E-state index contributed by atoms with van der Waals surface area (Å²) in [7, 11) is 0. The van der Waals surface area contributed by atoms with E-state index < -0.39 is 24.5 Å².